The zero-order valence-corrected chi connectivity index (χ0v) is 24.6. The van der Waals surface area contributed by atoms with E-state index in [1.54, 1.807) is 0 Å². The molecule has 0 aromatic carbocycles. The first-order valence-electron chi connectivity index (χ1n) is 14.6. The second-order valence-corrected chi connectivity index (χ2v) is 19.8. The predicted octanol–water partition coefficient (Wildman–Crippen LogP) is 8.54. The van der Waals surface area contributed by atoms with Crippen molar-refractivity contribution < 1.29 is 14.3 Å². The molecule has 4 heteroatoms. The van der Waals surface area contributed by atoms with E-state index in [1.807, 2.05) is 0 Å². The summed E-state index contributed by atoms with van der Waals surface area (Å²) in [5.74, 6) is 3.69. The molecule has 4 rings (SSSR count). The molecular formula is C30H54O3Si. The third kappa shape index (κ3) is 4.46. The van der Waals surface area contributed by atoms with Gasteiger partial charge in [-0.15, -0.1) is 0 Å². The number of carbonyl (C=O) groups is 1. The molecule has 9 atom stereocenters. The van der Waals surface area contributed by atoms with Gasteiger partial charge in [0.1, 0.15) is 0 Å². The van der Waals surface area contributed by atoms with Gasteiger partial charge in [0.05, 0.1) is 0 Å². The smallest absolute Gasteiger partial charge is 0.303 e. The minimum Gasteiger partial charge on any atom is -0.481 e. The molecule has 0 aromatic rings. The zero-order chi connectivity index (χ0) is 25.1. The maximum Gasteiger partial charge on any atom is 0.303 e. The van der Waals surface area contributed by atoms with Crippen LogP contribution in [-0.2, 0) is 9.22 Å². The third-order valence-corrected chi connectivity index (χ3v) is 16.9. The summed E-state index contributed by atoms with van der Waals surface area (Å²) in [5, 5.41) is 9.63. The number of hydrogen-bond acceptors (Lipinski definition) is 2. The van der Waals surface area contributed by atoms with E-state index in [4.69, 9.17) is 4.43 Å². The molecule has 0 amide bonds. The Kier molecular flexibility index (Phi) is 7.22. The maximum atomic E-state index is 11.5. The van der Waals surface area contributed by atoms with Gasteiger partial charge in [0.2, 0.25) is 0 Å². The quantitative estimate of drug-likeness (QED) is 0.379. The van der Waals surface area contributed by atoms with Crippen LogP contribution in [0.5, 0.6) is 0 Å². The van der Waals surface area contributed by atoms with E-state index in [-0.39, 0.29) is 11.5 Å². The van der Waals surface area contributed by atoms with Gasteiger partial charge in [-0.2, -0.15) is 0 Å². The zero-order valence-electron chi connectivity index (χ0n) is 23.6. The lowest BCUT2D eigenvalue weighted by molar-refractivity contribution is -0.138. The summed E-state index contributed by atoms with van der Waals surface area (Å²) in [6.45, 7) is 19.5. The fourth-order valence-electron chi connectivity index (χ4n) is 9.55. The van der Waals surface area contributed by atoms with Crippen molar-refractivity contribution in [1.82, 2.24) is 0 Å². The number of hydrogen-bond donors (Lipinski definition) is 1. The minimum absolute atomic E-state index is 0.201. The first kappa shape index (κ1) is 26.7. The highest BCUT2D eigenvalue weighted by atomic mass is 28.4. The van der Waals surface area contributed by atoms with Crippen LogP contribution in [-0.4, -0.2) is 25.5 Å². The van der Waals surface area contributed by atoms with Crippen molar-refractivity contribution in [3.8, 4) is 0 Å². The van der Waals surface area contributed by atoms with Crippen LogP contribution < -0.4 is 0 Å². The van der Waals surface area contributed by atoms with Crippen molar-refractivity contribution in [1.29, 1.82) is 0 Å². The molecule has 4 aliphatic rings. The van der Waals surface area contributed by atoms with E-state index >= 15 is 0 Å². The van der Waals surface area contributed by atoms with Crippen molar-refractivity contribution in [2.75, 3.05) is 0 Å². The van der Waals surface area contributed by atoms with Gasteiger partial charge >= 0.3 is 5.97 Å². The van der Waals surface area contributed by atoms with Gasteiger partial charge in [-0.25, -0.2) is 0 Å². The summed E-state index contributed by atoms with van der Waals surface area (Å²) >= 11 is 0. The lowest BCUT2D eigenvalue weighted by Crippen LogP contribution is -2.53. The van der Waals surface area contributed by atoms with E-state index < -0.39 is 14.3 Å². The number of carboxylic acids is 1. The van der Waals surface area contributed by atoms with Gasteiger partial charge in [-0.05, 0) is 116 Å². The molecule has 3 nitrogen and oxygen atoms in total. The fraction of sp³-hybridized carbons (Fsp3) is 0.967. The average molecular weight is 491 g/mol. The summed E-state index contributed by atoms with van der Waals surface area (Å²) in [6, 6.07) is 0. The average Bonchev–Trinajstić information content (AvgIpc) is 3.02. The van der Waals surface area contributed by atoms with Gasteiger partial charge in [-0.1, -0.05) is 54.4 Å². The molecule has 1 N–H and O–H groups in total. The molecule has 1 unspecified atom stereocenters. The molecule has 4 aliphatic carbocycles. The van der Waals surface area contributed by atoms with Crippen LogP contribution in [0, 0.1) is 46.3 Å². The molecule has 0 bridgehead atoms. The standard InChI is InChI=1S/C30H54O3Si/c1-20(12-15-26(31)32)27-25(33-34(7,8)28(2,3)4)19-24-22-14-13-21-11-9-10-17-29(21,5)23(22)16-18-30(24,27)6/h20-25,27H,9-19H2,1-8H3,(H,31,32)/t20-,21+,22-,23+,24+,25?,27+,29+,30+/m1/s1. The summed E-state index contributed by atoms with van der Waals surface area (Å²) < 4.78 is 7.26. The van der Waals surface area contributed by atoms with E-state index in [0.29, 0.717) is 28.8 Å². The number of carboxylic acid groups (broad SMARTS) is 1. The highest BCUT2D eigenvalue weighted by molar-refractivity contribution is 6.74. The molecule has 4 saturated carbocycles. The SMILES string of the molecule is C[C@H](CCC(=O)O)[C@H]1C(O[Si](C)(C)C(C)(C)C)C[C@H]2[C@@H]3CC[C@@H]4CCCC[C@]4(C)[C@H]3CC[C@]12C. The lowest BCUT2D eigenvalue weighted by atomic mass is 9.44. The van der Waals surface area contributed by atoms with Gasteiger partial charge in [0.25, 0.3) is 0 Å². The number of fused-ring (bicyclic) bond motifs is 5. The van der Waals surface area contributed by atoms with Crippen molar-refractivity contribution in [2.24, 2.45) is 46.3 Å². The third-order valence-electron chi connectivity index (χ3n) is 12.3. The Labute approximate surface area is 211 Å². The molecule has 34 heavy (non-hydrogen) atoms. The van der Waals surface area contributed by atoms with Crippen molar-refractivity contribution >= 4 is 14.3 Å². The topological polar surface area (TPSA) is 46.5 Å². The number of rotatable bonds is 6. The van der Waals surface area contributed by atoms with Crippen LogP contribution in [0.3, 0.4) is 0 Å². The summed E-state index contributed by atoms with van der Waals surface area (Å²) in [6.07, 6.45) is 14.0. The van der Waals surface area contributed by atoms with Crippen LogP contribution in [0.15, 0.2) is 0 Å². The first-order valence-corrected chi connectivity index (χ1v) is 17.5. The Hall–Kier alpha value is -0.353. The number of aliphatic carboxylic acids is 1. The predicted molar refractivity (Wildman–Crippen MR) is 143 cm³/mol. The van der Waals surface area contributed by atoms with Crippen molar-refractivity contribution in [3.63, 3.8) is 0 Å². The van der Waals surface area contributed by atoms with Crippen molar-refractivity contribution in [3.05, 3.63) is 0 Å². The molecule has 0 aromatic heterocycles. The molecule has 196 valence electrons. The van der Waals surface area contributed by atoms with Gasteiger partial charge in [0.15, 0.2) is 8.32 Å². The molecule has 0 radical (unpaired) electrons. The Balaban J connectivity index is 1.64. The van der Waals surface area contributed by atoms with Gasteiger partial charge in [-0.3, -0.25) is 4.79 Å². The molecule has 0 spiro atoms. The van der Waals surface area contributed by atoms with Crippen LogP contribution in [0.2, 0.25) is 18.1 Å². The largest absolute Gasteiger partial charge is 0.481 e. The van der Waals surface area contributed by atoms with Crippen LogP contribution in [0.1, 0.15) is 112 Å². The maximum absolute atomic E-state index is 11.5. The second-order valence-electron chi connectivity index (χ2n) is 15.0. The molecule has 0 saturated heterocycles. The summed E-state index contributed by atoms with van der Waals surface area (Å²) in [5.41, 5.74) is 0.856. The van der Waals surface area contributed by atoms with Crippen molar-refractivity contribution in [2.45, 2.75) is 136 Å². The normalized spacial score (nSPS) is 43.5. The minimum atomic E-state index is -1.90. The fourth-order valence-corrected chi connectivity index (χ4v) is 10.9. The summed E-state index contributed by atoms with van der Waals surface area (Å²) in [4.78, 5) is 11.5. The van der Waals surface area contributed by atoms with Gasteiger partial charge in [0, 0.05) is 12.5 Å². The first-order chi connectivity index (χ1) is 15.7. The van der Waals surface area contributed by atoms with E-state index in [9.17, 15) is 9.90 Å². The van der Waals surface area contributed by atoms with E-state index in [1.165, 1.54) is 57.8 Å². The Bertz CT molecular complexity index is 757. The highest BCUT2D eigenvalue weighted by Crippen LogP contribution is 2.69. The van der Waals surface area contributed by atoms with E-state index in [2.05, 4.69) is 54.6 Å². The van der Waals surface area contributed by atoms with Crippen LogP contribution in [0.25, 0.3) is 0 Å². The Morgan fingerprint density at radius 3 is 2.38 bits per heavy atom. The van der Waals surface area contributed by atoms with Crippen LogP contribution in [0.4, 0.5) is 0 Å². The molecule has 4 fully saturated rings. The highest BCUT2D eigenvalue weighted by Gasteiger charge is 2.63. The monoisotopic (exact) mass is 490 g/mol. The lowest BCUT2D eigenvalue weighted by Gasteiger charge is -2.60. The molecular weight excluding hydrogens is 436 g/mol. The Morgan fingerprint density at radius 1 is 1.03 bits per heavy atom. The summed E-state index contributed by atoms with van der Waals surface area (Å²) in [7, 11) is -1.90. The Morgan fingerprint density at radius 2 is 1.74 bits per heavy atom. The second kappa shape index (κ2) is 9.19. The molecule has 0 aliphatic heterocycles. The van der Waals surface area contributed by atoms with Gasteiger partial charge < -0.3 is 9.53 Å². The van der Waals surface area contributed by atoms with Crippen LogP contribution >= 0.6 is 0 Å². The van der Waals surface area contributed by atoms with E-state index in [0.717, 1.165) is 30.1 Å². The molecule has 0 heterocycles.